The molecule has 20 heavy (non-hydrogen) atoms. The average molecular weight is 303 g/mol. The van der Waals surface area contributed by atoms with Crippen LogP contribution >= 0.6 is 12.6 Å². The maximum Gasteiger partial charge on any atom is 0.407 e. The lowest BCUT2D eigenvalue weighted by Gasteiger charge is -2.30. The minimum absolute atomic E-state index is 0.00685. The second-order valence-corrected chi connectivity index (χ2v) is 6.54. The lowest BCUT2D eigenvalue weighted by molar-refractivity contribution is -0.150. The SMILES string of the molecule is CC(C)(C)OC(=O)NC1CCCC(OC(=O)CCS)C1. The topological polar surface area (TPSA) is 64.6 Å². The predicted octanol–water partition coefficient (Wildman–Crippen LogP) is 2.69. The maximum atomic E-state index is 11.7. The molecule has 0 saturated heterocycles. The molecule has 0 bridgehead atoms. The quantitative estimate of drug-likeness (QED) is 0.619. The Bertz CT molecular complexity index is 341. The molecule has 1 N–H and O–H groups in total. The van der Waals surface area contributed by atoms with Crippen LogP contribution < -0.4 is 5.32 Å². The number of nitrogens with one attached hydrogen (secondary N) is 1. The van der Waals surface area contributed by atoms with Gasteiger partial charge in [-0.3, -0.25) is 4.79 Å². The van der Waals surface area contributed by atoms with Crippen molar-refractivity contribution in [2.45, 2.75) is 70.6 Å². The highest BCUT2D eigenvalue weighted by Crippen LogP contribution is 2.22. The van der Waals surface area contributed by atoms with E-state index in [0.29, 0.717) is 18.6 Å². The normalized spacial score (nSPS) is 23.0. The highest BCUT2D eigenvalue weighted by atomic mass is 32.1. The van der Waals surface area contributed by atoms with Crippen LogP contribution in [0.5, 0.6) is 0 Å². The lowest BCUT2D eigenvalue weighted by atomic mass is 9.93. The molecular formula is C14H25NO4S. The molecule has 6 heteroatoms. The van der Waals surface area contributed by atoms with Gasteiger partial charge in [-0.2, -0.15) is 12.6 Å². The van der Waals surface area contributed by atoms with E-state index in [0.717, 1.165) is 19.3 Å². The molecule has 1 aliphatic rings. The van der Waals surface area contributed by atoms with Crippen molar-refractivity contribution in [3.63, 3.8) is 0 Å². The summed E-state index contributed by atoms with van der Waals surface area (Å²) >= 11 is 4.01. The Morgan fingerprint density at radius 1 is 1.30 bits per heavy atom. The first-order valence-electron chi connectivity index (χ1n) is 7.10. The number of hydrogen-bond donors (Lipinski definition) is 2. The fourth-order valence-electron chi connectivity index (χ4n) is 2.19. The second kappa shape index (κ2) is 7.76. The number of hydrogen-bond acceptors (Lipinski definition) is 5. The molecule has 1 rings (SSSR count). The first-order chi connectivity index (χ1) is 9.30. The van der Waals surface area contributed by atoms with Crippen molar-refractivity contribution < 1.29 is 19.1 Å². The fourth-order valence-corrected chi connectivity index (χ4v) is 2.38. The molecule has 0 radical (unpaired) electrons. The van der Waals surface area contributed by atoms with Crippen LogP contribution in [0.3, 0.4) is 0 Å². The Labute approximate surface area is 126 Å². The van der Waals surface area contributed by atoms with Crippen molar-refractivity contribution in [1.82, 2.24) is 5.32 Å². The third-order valence-corrected chi connectivity index (χ3v) is 3.18. The summed E-state index contributed by atoms with van der Waals surface area (Å²) in [5.74, 6) is 0.272. The molecule has 5 nitrogen and oxygen atoms in total. The summed E-state index contributed by atoms with van der Waals surface area (Å²) in [7, 11) is 0. The van der Waals surface area contributed by atoms with Gasteiger partial charge < -0.3 is 14.8 Å². The van der Waals surface area contributed by atoms with Gasteiger partial charge in [0.05, 0.1) is 6.42 Å². The van der Waals surface area contributed by atoms with Crippen LogP contribution in [0.1, 0.15) is 52.9 Å². The zero-order valence-electron chi connectivity index (χ0n) is 12.5. The summed E-state index contributed by atoms with van der Waals surface area (Å²) in [6.45, 7) is 5.49. The number of amides is 1. The number of alkyl carbamates (subject to hydrolysis) is 1. The van der Waals surface area contributed by atoms with Crippen LogP contribution in [-0.4, -0.2) is 35.6 Å². The van der Waals surface area contributed by atoms with Crippen molar-refractivity contribution in [3.05, 3.63) is 0 Å². The van der Waals surface area contributed by atoms with Crippen molar-refractivity contribution in [2.24, 2.45) is 0 Å². The number of ether oxygens (including phenoxy) is 2. The molecule has 0 aliphatic heterocycles. The molecule has 1 fully saturated rings. The van der Waals surface area contributed by atoms with Crippen molar-refractivity contribution in [2.75, 3.05) is 5.75 Å². The van der Waals surface area contributed by atoms with Gasteiger partial charge in [-0.25, -0.2) is 4.79 Å². The molecule has 0 spiro atoms. The highest BCUT2D eigenvalue weighted by molar-refractivity contribution is 7.80. The number of carbonyl (C=O) groups excluding carboxylic acids is 2. The summed E-state index contributed by atoms with van der Waals surface area (Å²) in [4.78, 5) is 23.2. The van der Waals surface area contributed by atoms with Crippen molar-refractivity contribution in [3.8, 4) is 0 Å². The molecule has 2 atom stereocenters. The summed E-state index contributed by atoms with van der Waals surface area (Å²) in [6.07, 6.45) is 3.12. The molecule has 0 aromatic carbocycles. The number of esters is 1. The van der Waals surface area contributed by atoms with E-state index in [1.165, 1.54) is 0 Å². The molecule has 0 aromatic rings. The average Bonchev–Trinajstić information content (AvgIpc) is 2.26. The first kappa shape index (κ1) is 17.1. The van der Waals surface area contributed by atoms with Crippen molar-refractivity contribution >= 4 is 24.7 Å². The van der Waals surface area contributed by atoms with Gasteiger partial charge in [0.1, 0.15) is 11.7 Å². The molecule has 2 unspecified atom stereocenters. The fraction of sp³-hybridized carbons (Fsp3) is 0.857. The van der Waals surface area contributed by atoms with Gasteiger partial charge in [0.15, 0.2) is 0 Å². The third kappa shape index (κ3) is 7.03. The molecule has 116 valence electrons. The van der Waals surface area contributed by atoms with Crippen LogP contribution in [0.15, 0.2) is 0 Å². The second-order valence-electron chi connectivity index (χ2n) is 6.10. The molecule has 0 heterocycles. The van der Waals surface area contributed by atoms with E-state index in [1.54, 1.807) is 0 Å². The molecule has 0 aromatic heterocycles. The van der Waals surface area contributed by atoms with Crippen LogP contribution in [-0.2, 0) is 14.3 Å². The Morgan fingerprint density at radius 3 is 2.60 bits per heavy atom. The predicted molar refractivity (Wildman–Crippen MR) is 80.0 cm³/mol. The van der Waals surface area contributed by atoms with Gasteiger partial charge in [0.25, 0.3) is 0 Å². The zero-order chi connectivity index (χ0) is 15.2. The van der Waals surface area contributed by atoms with Gasteiger partial charge in [-0.05, 0) is 40.0 Å². The standard InChI is InChI=1S/C14H25NO4S/c1-14(2,3)19-13(17)15-10-5-4-6-11(9-10)18-12(16)7-8-20/h10-11,20H,4-9H2,1-3H3,(H,15,17). The minimum Gasteiger partial charge on any atom is -0.462 e. The highest BCUT2D eigenvalue weighted by Gasteiger charge is 2.27. The Hall–Kier alpha value is -0.910. The molecule has 1 saturated carbocycles. The maximum absolute atomic E-state index is 11.7. The summed E-state index contributed by atoms with van der Waals surface area (Å²) in [5, 5.41) is 2.84. The number of thiol groups is 1. The van der Waals surface area contributed by atoms with Gasteiger partial charge >= 0.3 is 12.1 Å². The van der Waals surface area contributed by atoms with E-state index in [9.17, 15) is 9.59 Å². The molecule has 1 amide bonds. The van der Waals surface area contributed by atoms with Crippen LogP contribution in [0.4, 0.5) is 4.79 Å². The van der Waals surface area contributed by atoms with Gasteiger partial charge in [-0.15, -0.1) is 0 Å². The largest absolute Gasteiger partial charge is 0.462 e. The van der Waals surface area contributed by atoms with E-state index < -0.39 is 11.7 Å². The summed E-state index contributed by atoms with van der Waals surface area (Å²) < 4.78 is 10.6. The Morgan fingerprint density at radius 2 is 2.00 bits per heavy atom. The monoisotopic (exact) mass is 303 g/mol. The molecule has 1 aliphatic carbocycles. The smallest absolute Gasteiger partial charge is 0.407 e. The minimum atomic E-state index is -0.503. The summed E-state index contributed by atoms with van der Waals surface area (Å²) in [6, 6.07) is 0.00685. The van der Waals surface area contributed by atoms with Crippen LogP contribution in [0.2, 0.25) is 0 Å². The number of rotatable bonds is 4. The Kier molecular flexibility index (Phi) is 6.65. The summed E-state index contributed by atoms with van der Waals surface area (Å²) in [5.41, 5.74) is -0.503. The van der Waals surface area contributed by atoms with Gasteiger partial charge in [0.2, 0.25) is 0 Å². The zero-order valence-corrected chi connectivity index (χ0v) is 13.4. The first-order valence-corrected chi connectivity index (χ1v) is 7.73. The van der Waals surface area contributed by atoms with Crippen molar-refractivity contribution in [1.29, 1.82) is 0 Å². The third-order valence-electron chi connectivity index (χ3n) is 2.96. The van der Waals surface area contributed by atoms with Crippen LogP contribution in [0, 0.1) is 0 Å². The lowest BCUT2D eigenvalue weighted by Crippen LogP contribution is -2.43. The number of carbonyl (C=O) groups is 2. The van der Waals surface area contributed by atoms with E-state index in [1.807, 2.05) is 20.8 Å². The van der Waals surface area contributed by atoms with E-state index in [2.05, 4.69) is 17.9 Å². The molecular weight excluding hydrogens is 278 g/mol. The van der Waals surface area contributed by atoms with Crippen LogP contribution in [0.25, 0.3) is 0 Å². The van der Waals surface area contributed by atoms with E-state index in [4.69, 9.17) is 9.47 Å². The van der Waals surface area contributed by atoms with Gasteiger partial charge in [0, 0.05) is 18.2 Å². The van der Waals surface area contributed by atoms with Gasteiger partial charge in [-0.1, -0.05) is 0 Å². The van der Waals surface area contributed by atoms with E-state index in [-0.39, 0.29) is 18.1 Å². The Balaban J connectivity index is 2.37. The van der Waals surface area contributed by atoms with E-state index >= 15 is 0 Å².